The number of rotatable bonds is 6. The van der Waals surface area contributed by atoms with E-state index < -0.39 is 20.4 Å². The Morgan fingerprint density at radius 2 is 1.56 bits per heavy atom. The third-order valence-electron chi connectivity index (χ3n) is 5.70. The van der Waals surface area contributed by atoms with Crippen molar-refractivity contribution in [2.75, 3.05) is 0 Å². The molecule has 1 aliphatic rings. The first kappa shape index (κ1) is 18.3. The van der Waals surface area contributed by atoms with Crippen LogP contribution in [0, 0.1) is 11.6 Å². The van der Waals surface area contributed by atoms with Gasteiger partial charge >= 0.3 is 0 Å². The molecule has 2 aromatic rings. The summed E-state index contributed by atoms with van der Waals surface area (Å²) in [5, 5.41) is 0. The molecule has 1 heterocycles. The van der Waals surface area contributed by atoms with Gasteiger partial charge in [0, 0.05) is 8.80 Å². The molecular weight excluding hydrogens is 330 g/mol. The molecule has 0 bridgehead atoms. The summed E-state index contributed by atoms with van der Waals surface area (Å²) in [6.45, 7) is 2.28. The Hall–Kier alpha value is -1.48. The van der Waals surface area contributed by atoms with Crippen LogP contribution in [-0.4, -0.2) is 8.80 Å². The molecular formula is C22H28F2Si. The first-order valence-electron chi connectivity index (χ1n) is 9.72. The van der Waals surface area contributed by atoms with Gasteiger partial charge in [0.2, 0.25) is 0 Å². The molecule has 1 saturated heterocycles. The third kappa shape index (κ3) is 4.78. The van der Waals surface area contributed by atoms with Gasteiger partial charge in [0.1, 0.15) is 0 Å². The van der Waals surface area contributed by atoms with Crippen LogP contribution in [0.3, 0.4) is 0 Å². The van der Waals surface area contributed by atoms with Crippen LogP contribution in [-0.2, 0) is 0 Å². The van der Waals surface area contributed by atoms with Gasteiger partial charge < -0.3 is 0 Å². The van der Waals surface area contributed by atoms with E-state index in [0.29, 0.717) is 5.92 Å². The fourth-order valence-corrected chi connectivity index (χ4v) is 7.57. The van der Waals surface area contributed by atoms with E-state index in [2.05, 4.69) is 19.1 Å². The molecule has 0 aromatic heterocycles. The highest BCUT2D eigenvalue weighted by atomic mass is 28.3. The van der Waals surface area contributed by atoms with Gasteiger partial charge in [0.15, 0.2) is 11.6 Å². The predicted octanol–water partition coefficient (Wildman–Crippen LogP) is 6.93. The number of hydrogen-bond donors (Lipinski definition) is 0. The summed E-state index contributed by atoms with van der Waals surface area (Å²) < 4.78 is 26.5. The molecule has 0 saturated carbocycles. The van der Waals surface area contributed by atoms with E-state index in [9.17, 15) is 8.78 Å². The minimum Gasteiger partial charge on any atom is -0.204 e. The molecule has 0 atom stereocenters. The van der Waals surface area contributed by atoms with E-state index in [1.54, 1.807) is 6.07 Å². The van der Waals surface area contributed by atoms with Crippen molar-refractivity contribution in [1.29, 1.82) is 0 Å². The summed E-state index contributed by atoms with van der Waals surface area (Å²) in [4.78, 5) is 0. The van der Waals surface area contributed by atoms with Crippen LogP contribution in [0.25, 0.3) is 11.1 Å². The lowest BCUT2D eigenvalue weighted by atomic mass is 9.92. The maximum absolute atomic E-state index is 13.4. The Kier molecular flexibility index (Phi) is 6.41. The molecule has 3 heteroatoms. The Labute approximate surface area is 151 Å². The first-order chi connectivity index (χ1) is 12.2. The summed E-state index contributed by atoms with van der Waals surface area (Å²) >= 11 is 0. The minimum atomic E-state index is -0.791. The van der Waals surface area contributed by atoms with E-state index in [1.165, 1.54) is 67.9 Å². The fraction of sp³-hybridized carbons (Fsp3) is 0.455. The molecule has 0 spiro atoms. The first-order valence-corrected chi connectivity index (χ1v) is 12.2. The molecule has 1 aliphatic heterocycles. The number of unbranched alkanes of at least 4 members (excludes halogenated alkanes) is 2. The second kappa shape index (κ2) is 8.75. The zero-order chi connectivity index (χ0) is 17.6. The van der Waals surface area contributed by atoms with Gasteiger partial charge in [-0.2, -0.15) is 0 Å². The summed E-state index contributed by atoms with van der Waals surface area (Å²) in [5.74, 6) is -0.887. The molecule has 0 nitrogen and oxygen atoms in total. The topological polar surface area (TPSA) is 0 Å². The molecule has 25 heavy (non-hydrogen) atoms. The van der Waals surface area contributed by atoms with Crippen molar-refractivity contribution in [3.63, 3.8) is 0 Å². The summed E-state index contributed by atoms with van der Waals surface area (Å²) in [5.41, 5.74) is 3.09. The van der Waals surface area contributed by atoms with E-state index in [-0.39, 0.29) is 0 Å². The van der Waals surface area contributed by atoms with Gasteiger partial charge in [0.05, 0.1) is 0 Å². The second-order valence-electron chi connectivity index (χ2n) is 7.46. The van der Waals surface area contributed by atoms with Crippen LogP contribution < -0.4 is 0 Å². The van der Waals surface area contributed by atoms with Crippen molar-refractivity contribution in [2.24, 2.45) is 0 Å². The normalized spacial score (nSPS) is 20.6. The van der Waals surface area contributed by atoms with E-state index in [4.69, 9.17) is 0 Å². The van der Waals surface area contributed by atoms with Crippen LogP contribution in [0.1, 0.15) is 50.5 Å². The zero-order valence-corrected chi connectivity index (χ0v) is 16.3. The minimum absolute atomic E-state index is 0.466. The number of halogens is 2. The van der Waals surface area contributed by atoms with E-state index in [0.717, 1.165) is 11.1 Å². The van der Waals surface area contributed by atoms with Crippen molar-refractivity contribution >= 4 is 8.80 Å². The standard InChI is InChI=1S/C22H28F2Si/c1-2-3-4-13-25-14-11-19(12-15-25)17-5-7-18(8-6-17)20-9-10-21(23)22(24)16-20/h5-10,16,19,25H,2-4,11-15H2,1H3/t19-,25-. The average molecular weight is 359 g/mol. The van der Waals surface area contributed by atoms with Crippen molar-refractivity contribution in [3.8, 4) is 11.1 Å². The van der Waals surface area contributed by atoms with Gasteiger partial charge in [0.25, 0.3) is 0 Å². The second-order valence-corrected chi connectivity index (χ2v) is 10.9. The fourth-order valence-electron chi connectivity index (χ4n) is 4.09. The summed E-state index contributed by atoms with van der Waals surface area (Å²) in [6, 6.07) is 17.1. The highest BCUT2D eigenvalue weighted by molar-refractivity contribution is 6.59. The van der Waals surface area contributed by atoms with Gasteiger partial charge in [-0.05, 0) is 47.6 Å². The van der Waals surface area contributed by atoms with Crippen molar-refractivity contribution in [3.05, 3.63) is 59.7 Å². The molecule has 134 valence electrons. The van der Waals surface area contributed by atoms with Crippen molar-refractivity contribution < 1.29 is 8.78 Å². The number of hydrogen-bond acceptors (Lipinski definition) is 0. The predicted molar refractivity (Wildman–Crippen MR) is 105 cm³/mol. The van der Waals surface area contributed by atoms with Crippen LogP contribution in [0.15, 0.2) is 42.5 Å². The molecule has 3 rings (SSSR count). The van der Waals surface area contributed by atoms with Crippen LogP contribution in [0.4, 0.5) is 8.78 Å². The molecule has 2 aromatic carbocycles. The van der Waals surface area contributed by atoms with Crippen molar-refractivity contribution in [2.45, 2.75) is 63.1 Å². The van der Waals surface area contributed by atoms with E-state index in [1.807, 2.05) is 12.1 Å². The average Bonchev–Trinajstić information content (AvgIpc) is 2.65. The smallest absolute Gasteiger partial charge is 0.159 e. The molecule has 0 N–H and O–H groups in total. The molecule has 0 radical (unpaired) electrons. The quantitative estimate of drug-likeness (QED) is 0.388. The summed E-state index contributed by atoms with van der Waals surface area (Å²) in [7, 11) is -0.466. The van der Waals surface area contributed by atoms with Crippen LogP contribution >= 0.6 is 0 Å². The van der Waals surface area contributed by atoms with Gasteiger partial charge in [-0.25, -0.2) is 8.78 Å². The lowest BCUT2D eigenvalue weighted by molar-refractivity contribution is 0.509. The lowest BCUT2D eigenvalue weighted by Crippen LogP contribution is -2.20. The number of benzene rings is 2. The SMILES string of the molecule is CCCCC[Si@H]1CC[C@H](c2ccc(-c3ccc(F)c(F)c3)cc2)CC1. The third-order valence-corrected chi connectivity index (χ3v) is 9.22. The molecule has 0 amide bonds. The Morgan fingerprint density at radius 3 is 2.20 bits per heavy atom. The largest absolute Gasteiger partial charge is 0.204 e. The van der Waals surface area contributed by atoms with Crippen LogP contribution in [0.5, 0.6) is 0 Å². The molecule has 0 aliphatic carbocycles. The maximum atomic E-state index is 13.4. The Morgan fingerprint density at radius 1 is 0.880 bits per heavy atom. The highest BCUT2D eigenvalue weighted by Gasteiger charge is 2.22. The van der Waals surface area contributed by atoms with E-state index >= 15 is 0 Å². The lowest BCUT2D eigenvalue weighted by Gasteiger charge is -2.28. The maximum Gasteiger partial charge on any atom is 0.159 e. The van der Waals surface area contributed by atoms with Crippen LogP contribution in [0.2, 0.25) is 18.1 Å². The Bertz CT molecular complexity index is 673. The van der Waals surface area contributed by atoms with Gasteiger partial charge in [-0.15, -0.1) is 0 Å². The molecule has 1 fully saturated rings. The molecule has 0 unspecified atom stereocenters. The highest BCUT2D eigenvalue weighted by Crippen LogP contribution is 2.36. The Balaban J connectivity index is 1.59. The van der Waals surface area contributed by atoms with Gasteiger partial charge in [-0.3, -0.25) is 0 Å². The van der Waals surface area contributed by atoms with Gasteiger partial charge in [-0.1, -0.05) is 74.7 Å². The summed E-state index contributed by atoms with van der Waals surface area (Å²) in [6.07, 6.45) is 6.86. The monoisotopic (exact) mass is 358 g/mol. The van der Waals surface area contributed by atoms with Crippen molar-refractivity contribution in [1.82, 2.24) is 0 Å². The zero-order valence-electron chi connectivity index (χ0n) is 15.1.